The van der Waals surface area contributed by atoms with Crippen molar-refractivity contribution >= 4 is 12.2 Å². The van der Waals surface area contributed by atoms with E-state index in [1.807, 2.05) is 0 Å². The minimum atomic E-state index is -1.25. The summed E-state index contributed by atoms with van der Waals surface area (Å²) in [7, 11) is 0. The van der Waals surface area contributed by atoms with Crippen LogP contribution in [0, 0.1) is 0 Å². The first-order valence-electron chi connectivity index (χ1n) is 1.17. The first kappa shape index (κ1) is 4.94. The first-order valence-corrected chi connectivity index (χ1v) is 1.17. The molecule has 2 N–H and O–H groups in total. The van der Waals surface area contributed by atoms with Crippen LogP contribution in [-0.2, 0) is 4.79 Å². The zero-order chi connectivity index (χ0) is 4.99. The Morgan fingerprint density at radius 3 is 2.33 bits per heavy atom. The van der Waals surface area contributed by atoms with Gasteiger partial charge in [0, 0.05) is 0 Å². The average molecular weight is 89.0 g/mol. The Hall–Kier alpha value is -1.06. The van der Waals surface area contributed by atoms with Crippen molar-refractivity contribution in [3.63, 3.8) is 0 Å². The minimum absolute atomic E-state index is 0.389. The van der Waals surface area contributed by atoms with Gasteiger partial charge in [-0.3, -0.25) is 0 Å². The fourth-order valence-corrected chi connectivity index (χ4v) is 0.0494. The van der Waals surface area contributed by atoms with E-state index in [1.54, 1.807) is 0 Å². The van der Waals surface area contributed by atoms with Crippen molar-refractivity contribution in [2.24, 2.45) is 5.16 Å². The molecule has 0 amide bonds. The number of hydrogen-bond donors (Lipinski definition) is 2. The maximum Gasteiger partial charge on any atom is 0.350 e. The summed E-state index contributed by atoms with van der Waals surface area (Å²) in [6.45, 7) is 0. The number of rotatable bonds is 1. The number of carboxylic acid groups (broad SMARTS) is 1. The summed E-state index contributed by atoms with van der Waals surface area (Å²) in [5.41, 5.74) is 0. The van der Waals surface area contributed by atoms with Gasteiger partial charge in [0.2, 0.25) is 0 Å². The van der Waals surface area contributed by atoms with Crippen LogP contribution in [0.3, 0.4) is 0 Å². The largest absolute Gasteiger partial charge is 0.477 e. The molecule has 0 aliphatic heterocycles. The van der Waals surface area contributed by atoms with E-state index in [9.17, 15) is 4.79 Å². The summed E-state index contributed by atoms with van der Waals surface area (Å²) in [6.07, 6.45) is 0.389. The van der Waals surface area contributed by atoms with Gasteiger partial charge in [-0.05, 0) is 0 Å². The highest BCUT2D eigenvalue weighted by Gasteiger charge is 1.80. The van der Waals surface area contributed by atoms with Gasteiger partial charge in [0.15, 0.2) is 6.21 Å². The molecule has 0 saturated carbocycles. The van der Waals surface area contributed by atoms with Crippen LogP contribution in [0.15, 0.2) is 5.16 Å². The quantitative estimate of drug-likeness (QED) is 0.259. The summed E-state index contributed by atoms with van der Waals surface area (Å²) in [5, 5.41) is 17.2. The number of aliphatic carboxylic acids is 1. The van der Waals surface area contributed by atoms with Crippen molar-refractivity contribution in [3.05, 3.63) is 0 Å². The van der Waals surface area contributed by atoms with Crippen molar-refractivity contribution in [1.29, 1.82) is 0 Å². The lowest BCUT2D eigenvalue weighted by Gasteiger charge is -1.67. The first-order chi connectivity index (χ1) is 2.77. The van der Waals surface area contributed by atoms with Crippen LogP contribution >= 0.6 is 0 Å². The fourth-order valence-electron chi connectivity index (χ4n) is 0.0494. The third-order valence-corrected chi connectivity index (χ3v) is 0.168. The summed E-state index contributed by atoms with van der Waals surface area (Å²) in [6, 6.07) is 0. The van der Waals surface area contributed by atoms with Gasteiger partial charge in [-0.15, -0.1) is 0 Å². The van der Waals surface area contributed by atoms with Crippen molar-refractivity contribution in [1.82, 2.24) is 0 Å². The van der Waals surface area contributed by atoms with Crippen LogP contribution in [0.2, 0.25) is 0 Å². The molecule has 6 heavy (non-hydrogen) atoms. The van der Waals surface area contributed by atoms with Crippen molar-refractivity contribution in [2.75, 3.05) is 0 Å². The van der Waals surface area contributed by atoms with Gasteiger partial charge in [-0.2, -0.15) is 0 Å². The van der Waals surface area contributed by atoms with E-state index in [2.05, 4.69) is 5.16 Å². The molecule has 4 nitrogen and oxygen atoms in total. The van der Waals surface area contributed by atoms with Crippen LogP contribution in [-0.4, -0.2) is 22.5 Å². The fraction of sp³-hybridized carbons (Fsp3) is 0. The summed E-state index contributed by atoms with van der Waals surface area (Å²) >= 11 is 0. The van der Waals surface area contributed by atoms with Gasteiger partial charge in [-0.1, -0.05) is 5.16 Å². The third-order valence-electron chi connectivity index (χ3n) is 0.168. The number of hydrogen-bond acceptors (Lipinski definition) is 3. The second-order valence-corrected chi connectivity index (χ2v) is 0.583. The Kier molecular flexibility index (Phi) is 1.81. The number of nitrogens with zero attached hydrogens (tertiary/aromatic N) is 1. The van der Waals surface area contributed by atoms with Crippen molar-refractivity contribution < 1.29 is 15.1 Å². The number of carbonyl (C=O) groups is 1. The molecule has 0 atom stereocenters. The predicted molar refractivity (Wildman–Crippen MR) is 17.9 cm³/mol. The summed E-state index contributed by atoms with van der Waals surface area (Å²) in [5.74, 6) is -1.25. The molecule has 0 bridgehead atoms. The lowest BCUT2D eigenvalue weighted by molar-refractivity contribution is -0.128. The van der Waals surface area contributed by atoms with E-state index in [0.29, 0.717) is 6.21 Å². The summed E-state index contributed by atoms with van der Waals surface area (Å²) < 4.78 is 0. The van der Waals surface area contributed by atoms with Crippen molar-refractivity contribution in [2.45, 2.75) is 0 Å². The molecule has 0 unspecified atom stereocenters. The molecule has 0 saturated heterocycles. The second-order valence-electron chi connectivity index (χ2n) is 0.583. The molecule has 0 aliphatic rings. The van der Waals surface area contributed by atoms with E-state index in [4.69, 9.17) is 10.3 Å². The van der Waals surface area contributed by atoms with E-state index in [1.165, 1.54) is 0 Å². The average Bonchev–Trinajstić information content (AvgIpc) is 1.35. The molecule has 0 rings (SSSR count). The van der Waals surface area contributed by atoms with Gasteiger partial charge in [0.25, 0.3) is 0 Å². The van der Waals surface area contributed by atoms with E-state index < -0.39 is 5.97 Å². The number of oxime groups is 1. The molecule has 0 spiro atoms. The molecule has 0 aromatic rings. The van der Waals surface area contributed by atoms with Gasteiger partial charge in [0.05, 0.1) is 0 Å². The standard InChI is InChI=1S/C2H3NO3/c4-2(5)1-3-6/h1,6H,(H,4,5)/b3-1+. The zero-order valence-corrected chi connectivity index (χ0v) is 2.83. The van der Waals surface area contributed by atoms with Crippen LogP contribution in [0.25, 0.3) is 0 Å². The molecule has 0 aliphatic carbocycles. The Labute approximate surface area is 33.7 Å². The van der Waals surface area contributed by atoms with Gasteiger partial charge < -0.3 is 10.3 Å². The van der Waals surface area contributed by atoms with E-state index >= 15 is 0 Å². The van der Waals surface area contributed by atoms with Gasteiger partial charge in [0.1, 0.15) is 0 Å². The molecule has 0 radical (unpaired) electrons. The Bertz CT molecular complexity index is 76.9. The number of carboxylic acids is 1. The second kappa shape index (κ2) is 2.19. The molecular formula is C2H3NO3. The minimum Gasteiger partial charge on any atom is -0.477 e. The lowest BCUT2D eigenvalue weighted by atomic mass is 10.8. The highest BCUT2D eigenvalue weighted by Crippen LogP contribution is 1.50. The molecule has 0 aromatic heterocycles. The summed E-state index contributed by atoms with van der Waals surface area (Å²) in [4.78, 5) is 9.29. The topological polar surface area (TPSA) is 69.9 Å². The molecule has 0 aromatic carbocycles. The van der Waals surface area contributed by atoms with E-state index in [0.717, 1.165) is 0 Å². The normalized spacial score (nSPS) is 9.33. The van der Waals surface area contributed by atoms with Crippen LogP contribution in [0.4, 0.5) is 0 Å². The SMILES string of the molecule is O=C(O)/C=N/O. The molecular weight excluding hydrogens is 86.0 g/mol. The Morgan fingerprint density at radius 1 is 1.83 bits per heavy atom. The van der Waals surface area contributed by atoms with E-state index in [-0.39, 0.29) is 0 Å². The Morgan fingerprint density at radius 2 is 2.33 bits per heavy atom. The smallest absolute Gasteiger partial charge is 0.350 e. The van der Waals surface area contributed by atoms with Crippen molar-refractivity contribution in [3.8, 4) is 0 Å². The molecule has 34 valence electrons. The Balaban J connectivity index is 3.30. The van der Waals surface area contributed by atoms with Crippen LogP contribution < -0.4 is 0 Å². The highest BCUT2D eigenvalue weighted by atomic mass is 16.4. The van der Waals surface area contributed by atoms with Crippen LogP contribution in [0.1, 0.15) is 0 Å². The molecule has 4 heteroatoms. The lowest BCUT2D eigenvalue weighted by Crippen LogP contribution is -1.93. The molecule has 0 fully saturated rings. The van der Waals surface area contributed by atoms with Crippen LogP contribution in [0.5, 0.6) is 0 Å². The van der Waals surface area contributed by atoms with Gasteiger partial charge in [-0.25, -0.2) is 4.79 Å². The maximum absolute atomic E-state index is 9.29. The monoisotopic (exact) mass is 89.0 g/mol. The highest BCUT2D eigenvalue weighted by molar-refractivity contribution is 6.21. The predicted octanol–water partition coefficient (Wildman–Crippen LogP) is -0.469. The third kappa shape index (κ3) is 2.94. The zero-order valence-electron chi connectivity index (χ0n) is 2.83. The maximum atomic E-state index is 9.29. The molecule has 0 heterocycles. The van der Waals surface area contributed by atoms with Gasteiger partial charge >= 0.3 is 5.97 Å².